The number of rotatable bonds is 6. The average Bonchev–Trinajstić information content (AvgIpc) is 2.60. The third kappa shape index (κ3) is 4.01. The first-order chi connectivity index (χ1) is 8.01. The van der Waals surface area contributed by atoms with Crippen LogP contribution in [0.25, 0.3) is 0 Å². The Balaban J connectivity index is 2.83. The Morgan fingerprint density at radius 1 is 1.53 bits per heavy atom. The summed E-state index contributed by atoms with van der Waals surface area (Å²) in [6.45, 7) is 3.45. The van der Waals surface area contributed by atoms with Crippen LogP contribution in [0.15, 0.2) is 14.3 Å². The highest BCUT2D eigenvalue weighted by Crippen LogP contribution is 2.37. The molecule has 98 valence electrons. The molecule has 1 aromatic rings. The van der Waals surface area contributed by atoms with Crippen molar-refractivity contribution in [2.75, 3.05) is 27.3 Å². The lowest BCUT2D eigenvalue weighted by molar-refractivity contribution is 0.0920. The monoisotopic (exact) mass is 384 g/mol. The van der Waals surface area contributed by atoms with Crippen LogP contribution >= 0.6 is 43.2 Å². The predicted octanol–water partition coefficient (Wildman–Crippen LogP) is 3.24. The van der Waals surface area contributed by atoms with E-state index in [-0.39, 0.29) is 6.04 Å². The molecule has 0 aliphatic rings. The second kappa shape index (κ2) is 7.21. The third-order valence-corrected chi connectivity index (χ3v) is 6.17. The Bertz CT molecular complexity index is 340. The van der Waals surface area contributed by atoms with Crippen LogP contribution in [-0.2, 0) is 4.74 Å². The van der Waals surface area contributed by atoms with Gasteiger partial charge in [0.25, 0.3) is 0 Å². The van der Waals surface area contributed by atoms with Gasteiger partial charge in [-0.3, -0.25) is 4.90 Å². The minimum Gasteiger partial charge on any atom is -0.383 e. The van der Waals surface area contributed by atoms with Gasteiger partial charge in [-0.25, -0.2) is 0 Å². The summed E-state index contributed by atoms with van der Waals surface area (Å²) < 4.78 is 7.38. The molecular formula is C11H18Br2N2OS. The Morgan fingerprint density at radius 2 is 2.18 bits per heavy atom. The lowest BCUT2D eigenvalue weighted by Crippen LogP contribution is -2.38. The third-order valence-electron chi connectivity index (χ3n) is 2.81. The van der Waals surface area contributed by atoms with E-state index >= 15 is 0 Å². The van der Waals surface area contributed by atoms with Gasteiger partial charge in [0.1, 0.15) is 0 Å². The van der Waals surface area contributed by atoms with Crippen molar-refractivity contribution in [1.82, 2.24) is 4.90 Å². The molecule has 17 heavy (non-hydrogen) atoms. The fourth-order valence-electron chi connectivity index (χ4n) is 1.68. The lowest BCUT2D eigenvalue weighted by atomic mass is 10.1. The number of nitrogens with two attached hydrogens (primary N) is 1. The van der Waals surface area contributed by atoms with Crippen molar-refractivity contribution in [1.29, 1.82) is 0 Å². The summed E-state index contributed by atoms with van der Waals surface area (Å²) in [6.07, 6.45) is 0. The molecule has 6 heteroatoms. The molecule has 0 spiro atoms. The Kier molecular flexibility index (Phi) is 6.61. The topological polar surface area (TPSA) is 38.5 Å². The molecule has 0 saturated carbocycles. The maximum atomic E-state index is 5.89. The molecule has 1 aromatic heterocycles. The van der Waals surface area contributed by atoms with Gasteiger partial charge in [0.05, 0.1) is 16.4 Å². The molecular weight excluding hydrogens is 368 g/mol. The quantitative estimate of drug-likeness (QED) is 0.816. The van der Waals surface area contributed by atoms with Crippen LogP contribution in [0.3, 0.4) is 0 Å². The SMILES string of the molecule is COCC(C)N(C)C(CN)c1cc(Br)c(Br)s1. The fourth-order valence-corrected chi connectivity index (χ4v) is 3.93. The van der Waals surface area contributed by atoms with E-state index in [2.05, 4.69) is 56.8 Å². The summed E-state index contributed by atoms with van der Waals surface area (Å²) in [5.74, 6) is 0. The second-order valence-corrected chi connectivity index (χ2v) is 7.25. The lowest BCUT2D eigenvalue weighted by Gasteiger charge is -2.31. The zero-order valence-electron chi connectivity index (χ0n) is 10.2. The molecule has 0 amide bonds. The molecule has 2 unspecified atom stereocenters. The van der Waals surface area contributed by atoms with E-state index in [1.54, 1.807) is 18.4 Å². The summed E-state index contributed by atoms with van der Waals surface area (Å²) in [7, 11) is 3.81. The Hall–Kier alpha value is 0.540. The van der Waals surface area contributed by atoms with Crippen molar-refractivity contribution in [3.63, 3.8) is 0 Å². The smallest absolute Gasteiger partial charge is 0.0843 e. The summed E-state index contributed by atoms with van der Waals surface area (Å²) in [4.78, 5) is 3.52. The Morgan fingerprint density at radius 3 is 2.59 bits per heavy atom. The molecule has 0 aliphatic carbocycles. The van der Waals surface area contributed by atoms with Crippen molar-refractivity contribution in [3.8, 4) is 0 Å². The predicted molar refractivity (Wildman–Crippen MR) is 80.6 cm³/mol. The average molecular weight is 386 g/mol. The highest BCUT2D eigenvalue weighted by Gasteiger charge is 2.22. The summed E-state index contributed by atoms with van der Waals surface area (Å²) in [5, 5.41) is 0. The molecule has 2 atom stereocenters. The van der Waals surface area contributed by atoms with E-state index in [0.29, 0.717) is 19.2 Å². The molecule has 0 fully saturated rings. The van der Waals surface area contributed by atoms with Gasteiger partial charge in [-0.15, -0.1) is 11.3 Å². The summed E-state index contributed by atoms with van der Waals surface area (Å²) >= 11 is 8.75. The standard InChI is InChI=1S/C11H18Br2N2OS/c1-7(6-16-3)15(2)9(5-14)10-4-8(12)11(13)17-10/h4,7,9H,5-6,14H2,1-3H3. The molecule has 2 N–H and O–H groups in total. The van der Waals surface area contributed by atoms with Gasteiger partial charge in [-0.1, -0.05) is 0 Å². The van der Waals surface area contributed by atoms with Crippen molar-refractivity contribution < 1.29 is 4.74 Å². The molecule has 1 rings (SSSR count). The fraction of sp³-hybridized carbons (Fsp3) is 0.636. The van der Waals surface area contributed by atoms with E-state index in [1.807, 2.05) is 0 Å². The number of halogens is 2. The Labute approximate surface area is 124 Å². The van der Waals surface area contributed by atoms with E-state index < -0.39 is 0 Å². The largest absolute Gasteiger partial charge is 0.383 e. The van der Waals surface area contributed by atoms with E-state index in [0.717, 1.165) is 8.26 Å². The molecule has 0 radical (unpaired) electrons. The molecule has 0 aliphatic heterocycles. The van der Waals surface area contributed by atoms with Gasteiger partial charge in [0.15, 0.2) is 0 Å². The van der Waals surface area contributed by atoms with Crippen LogP contribution in [0.4, 0.5) is 0 Å². The van der Waals surface area contributed by atoms with Gasteiger partial charge in [-0.05, 0) is 51.9 Å². The van der Waals surface area contributed by atoms with Crippen LogP contribution in [0.5, 0.6) is 0 Å². The van der Waals surface area contributed by atoms with Crippen molar-refractivity contribution in [2.45, 2.75) is 19.0 Å². The van der Waals surface area contributed by atoms with Gasteiger partial charge in [0.2, 0.25) is 0 Å². The van der Waals surface area contributed by atoms with Gasteiger partial charge in [-0.2, -0.15) is 0 Å². The number of likely N-dealkylation sites (N-methyl/N-ethyl adjacent to an activating group) is 1. The molecule has 0 saturated heterocycles. The van der Waals surface area contributed by atoms with Crippen LogP contribution in [0.1, 0.15) is 17.8 Å². The minimum absolute atomic E-state index is 0.229. The van der Waals surface area contributed by atoms with Crippen molar-refractivity contribution in [3.05, 3.63) is 19.2 Å². The number of hydrogen-bond acceptors (Lipinski definition) is 4. The number of ether oxygens (including phenoxy) is 1. The first-order valence-electron chi connectivity index (χ1n) is 5.36. The van der Waals surface area contributed by atoms with Crippen LogP contribution in [-0.4, -0.2) is 38.3 Å². The molecule has 1 heterocycles. The van der Waals surface area contributed by atoms with Crippen molar-refractivity contribution >= 4 is 43.2 Å². The molecule has 3 nitrogen and oxygen atoms in total. The number of thiophene rings is 1. The number of nitrogens with zero attached hydrogens (tertiary/aromatic N) is 1. The maximum absolute atomic E-state index is 5.89. The van der Waals surface area contributed by atoms with Crippen LogP contribution in [0.2, 0.25) is 0 Å². The molecule has 0 bridgehead atoms. The maximum Gasteiger partial charge on any atom is 0.0843 e. The van der Waals surface area contributed by atoms with Crippen LogP contribution < -0.4 is 5.73 Å². The highest BCUT2D eigenvalue weighted by molar-refractivity contribution is 9.13. The first kappa shape index (κ1) is 15.6. The minimum atomic E-state index is 0.229. The second-order valence-electron chi connectivity index (χ2n) is 3.99. The zero-order chi connectivity index (χ0) is 13.0. The zero-order valence-corrected chi connectivity index (χ0v) is 14.2. The van der Waals surface area contributed by atoms with E-state index in [1.165, 1.54) is 4.88 Å². The molecule has 0 aromatic carbocycles. The normalized spacial score (nSPS) is 15.2. The van der Waals surface area contributed by atoms with Crippen molar-refractivity contribution in [2.24, 2.45) is 5.73 Å². The number of methoxy groups -OCH3 is 1. The summed E-state index contributed by atoms with van der Waals surface area (Å²) in [6, 6.07) is 2.70. The van der Waals surface area contributed by atoms with Gasteiger partial charge < -0.3 is 10.5 Å². The van der Waals surface area contributed by atoms with Crippen LogP contribution in [0, 0.1) is 0 Å². The van der Waals surface area contributed by atoms with E-state index in [9.17, 15) is 0 Å². The van der Waals surface area contributed by atoms with Gasteiger partial charge in [0, 0.05) is 29.0 Å². The highest BCUT2D eigenvalue weighted by atomic mass is 79.9. The first-order valence-corrected chi connectivity index (χ1v) is 7.77. The van der Waals surface area contributed by atoms with E-state index in [4.69, 9.17) is 10.5 Å². The van der Waals surface area contributed by atoms with Gasteiger partial charge >= 0.3 is 0 Å². The summed E-state index contributed by atoms with van der Waals surface area (Å²) in [5.41, 5.74) is 5.89. The number of hydrogen-bond donors (Lipinski definition) is 1.